The normalized spacial score (nSPS) is 15.3. The van der Waals surface area contributed by atoms with Crippen LogP contribution in [0.3, 0.4) is 0 Å². The summed E-state index contributed by atoms with van der Waals surface area (Å²) in [4.78, 5) is 13.6. The number of amides is 2. The predicted molar refractivity (Wildman–Crippen MR) is 114 cm³/mol. The quantitative estimate of drug-likeness (QED) is 0.687. The fraction of sp³-hybridized carbons (Fsp3) is 0.556. The lowest BCUT2D eigenvalue weighted by Gasteiger charge is -2.33. The summed E-state index contributed by atoms with van der Waals surface area (Å²) >= 11 is 1.56. The van der Waals surface area contributed by atoms with Crippen LogP contribution in [0.25, 0.3) is 0 Å². The fourth-order valence-electron chi connectivity index (χ4n) is 3.40. The van der Waals surface area contributed by atoms with E-state index in [2.05, 4.69) is 15.1 Å². The Morgan fingerprint density at radius 2 is 2.07 bits per heavy atom. The van der Waals surface area contributed by atoms with Gasteiger partial charge < -0.3 is 10.1 Å². The first-order chi connectivity index (χ1) is 13.9. The molecule has 0 bridgehead atoms. The van der Waals surface area contributed by atoms with Crippen molar-refractivity contribution in [3.05, 3.63) is 28.2 Å². The van der Waals surface area contributed by atoms with Gasteiger partial charge in [-0.3, -0.25) is 4.68 Å². The second-order valence-electron chi connectivity index (χ2n) is 6.84. The van der Waals surface area contributed by atoms with Crippen LogP contribution < -0.4 is 14.3 Å². The van der Waals surface area contributed by atoms with Crippen LogP contribution in [-0.4, -0.2) is 43.5 Å². The molecule has 2 aromatic rings. The smallest absolute Gasteiger partial charge is 0.334 e. The van der Waals surface area contributed by atoms with Gasteiger partial charge in [0.2, 0.25) is 0 Å². The highest BCUT2D eigenvalue weighted by Gasteiger charge is 2.34. The third-order valence-corrected chi connectivity index (χ3v) is 7.48. The highest BCUT2D eigenvalue weighted by Crippen LogP contribution is 2.29. The van der Waals surface area contributed by atoms with E-state index in [0.29, 0.717) is 37.4 Å². The van der Waals surface area contributed by atoms with Crippen LogP contribution in [0.4, 0.5) is 16.2 Å². The Labute approximate surface area is 175 Å². The van der Waals surface area contributed by atoms with Crippen LogP contribution in [-0.2, 0) is 34.8 Å². The van der Waals surface area contributed by atoms with Crippen molar-refractivity contribution >= 4 is 39.0 Å². The Balaban J connectivity index is 1.83. The van der Waals surface area contributed by atoms with E-state index in [0.717, 1.165) is 23.3 Å². The van der Waals surface area contributed by atoms with Gasteiger partial charge in [0, 0.05) is 31.3 Å². The molecule has 3 heterocycles. The van der Waals surface area contributed by atoms with Crippen molar-refractivity contribution in [1.82, 2.24) is 14.5 Å². The molecule has 9 nitrogen and oxygen atoms in total. The number of urea groups is 1. The maximum Gasteiger partial charge on any atom is 0.334 e. The number of hydrogen-bond donors (Lipinski definition) is 2. The van der Waals surface area contributed by atoms with Gasteiger partial charge in [0.05, 0.1) is 23.6 Å². The number of carbonyl (C=O) groups excluding carboxylic acids is 1. The van der Waals surface area contributed by atoms with E-state index in [4.69, 9.17) is 4.74 Å². The average Bonchev–Trinajstić information content (AvgIpc) is 3.27. The van der Waals surface area contributed by atoms with Crippen LogP contribution in [0.15, 0.2) is 17.8 Å². The van der Waals surface area contributed by atoms with Crippen LogP contribution in [0.5, 0.6) is 0 Å². The SMILES string of the molecule is CCc1csc(CC)c1NC(=O)NS(=O)(=O)N(c1cnn(C)c1)C1CCOCC1. The third-order valence-electron chi connectivity index (χ3n) is 4.83. The molecule has 1 aliphatic rings. The highest BCUT2D eigenvalue weighted by molar-refractivity contribution is 7.91. The Kier molecular flexibility index (Phi) is 6.81. The molecular weight excluding hydrogens is 414 g/mol. The average molecular weight is 442 g/mol. The molecule has 0 aliphatic carbocycles. The molecule has 2 amide bonds. The Bertz CT molecular complexity index is 926. The molecule has 2 N–H and O–H groups in total. The molecule has 11 heteroatoms. The van der Waals surface area contributed by atoms with Crippen LogP contribution in [0.2, 0.25) is 0 Å². The number of nitrogens with one attached hydrogen (secondary N) is 2. The lowest BCUT2D eigenvalue weighted by molar-refractivity contribution is 0.0875. The molecule has 0 radical (unpaired) electrons. The summed E-state index contributed by atoms with van der Waals surface area (Å²) < 4.78 is 36.7. The van der Waals surface area contributed by atoms with E-state index >= 15 is 0 Å². The maximum atomic E-state index is 13.2. The van der Waals surface area contributed by atoms with Gasteiger partial charge in [-0.1, -0.05) is 13.8 Å². The number of aromatic nitrogens is 2. The minimum absolute atomic E-state index is 0.309. The Morgan fingerprint density at radius 1 is 1.34 bits per heavy atom. The van der Waals surface area contributed by atoms with Crippen molar-refractivity contribution in [2.24, 2.45) is 7.05 Å². The number of carbonyl (C=O) groups is 1. The van der Waals surface area contributed by atoms with E-state index in [1.165, 1.54) is 15.2 Å². The van der Waals surface area contributed by atoms with Gasteiger partial charge >= 0.3 is 16.2 Å². The van der Waals surface area contributed by atoms with E-state index < -0.39 is 16.2 Å². The number of ether oxygens (including phenoxy) is 1. The maximum absolute atomic E-state index is 13.2. The molecule has 0 saturated carbocycles. The number of thiophene rings is 1. The molecule has 0 atom stereocenters. The summed E-state index contributed by atoms with van der Waals surface area (Å²) in [6.07, 6.45) is 5.70. The molecule has 160 valence electrons. The van der Waals surface area contributed by atoms with Gasteiger partial charge in [-0.05, 0) is 36.6 Å². The molecule has 29 heavy (non-hydrogen) atoms. The molecule has 0 unspecified atom stereocenters. The minimum Gasteiger partial charge on any atom is -0.381 e. The van der Waals surface area contributed by atoms with Crippen LogP contribution in [0, 0.1) is 0 Å². The molecule has 1 fully saturated rings. The van der Waals surface area contributed by atoms with Crippen molar-refractivity contribution in [1.29, 1.82) is 0 Å². The first kappa shape index (κ1) is 21.6. The molecule has 2 aromatic heterocycles. The highest BCUT2D eigenvalue weighted by atomic mass is 32.2. The summed E-state index contributed by atoms with van der Waals surface area (Å²) in [6.45, 7) is 4.94. The topological polar surface area (TPSA) is 106 Å². The zero-order valence-corrected chi connectivity index (χ0v) is 18.5. The summed E-state index contributed by atoms with van der Waals surface area (Å²) in [5.74, 6) is 0. The number of rotatable bonds is 7. The van der Waals surface area contributed by atoms with Gasteiger partial charge in [-0.2, -0.15) is 13.5 Å². The van der Waals surface area contributed by atoms with E-state index in [1.54, 1.807) is 24.6 Å². The monoisotopic (exact) mass is 441 g/mol. The summed E-state index contributed by atoms with van der Waals surface area (Å²) in [5, 5.41) is 8.82. The summed E-state index contributed by atoms with van der Waals surface area (Å²) in [7, 11) is -2.42. The first-order valence-corrected chi connectivity index (χ1v) is 12.0. The Morgan fingerprint density at radius 3 is 2.66 bits per heavy atom. The van der Waals surface area contributed by atoms with Gasteiger partial charge in [0.1, 0.15) is 0 Å². The van der Waals surface area contributed by atoms with Crippen molar-refractivity contribution in [3.8, 4) is 0 Å². The second-order valence-corrected chi connectivity index (χ2v) is 9.35. The molecule has 0 spiro atoms. The third kappa shape index (κ3) is 4.90. The molecular formula is C18H27N5O4S2. The van der Waals surface area contributed by atoms with Gasteiger partial charge in [-0.25, -0.2) is 13.8 Å². The van der Waals surface area contributed by atoms with Gasteiger partial charge in [0.15, 0.2) is 0 Å². The fourth-order valence-corrected chi connectivity index (χ4v) is 5.80. The number of anilines is 2. The first-order valence-electron chi connectivity index (χ1n) is 9.64. The minimum atomic E-state index is -4.14. The van der Waals surface area contributed by atoms with Crippen LogP contribution >= 0.6 is 11.3 Å². The summed E-state index contributed by atoms with van der Waals surface area (Å²) in [6, 6.07) is -1.08. The van der Waals surface area contributed by atoms with Crippen molar-refractivity contribution in [3.63, 3.8) is 0 Å². The molecule has 0 aromatic carbocycles. The van der Waals surface area contributed by atoms with Crippen molar-refractivity contribution in [2.75, 3.05) is 22.8 Å². The lowest BCUT2D eigenvalue weighted by atomic mass is 10.1. The van der Waals surface area contributed by atoms with Gasteiger partial charge in [0.25, 0.3) is 0 Å². The molecule has 3 rings (SSSR count). The van der Waals surface area contributed by atoms with E-state index in [9.17, 15) is 13.2 Å². The van der Waals surface area contributed by atoms with Gasteiger partial charge in [-0.15, -0.1) is 11.3 Å². The summed E-state index contributed by atoms with van der Waals surface area (Å²) in [5.41, 5.74) is 2.11. The van der Waals surface area contributed by atoms with Crippen molar-refractivity contribution < 1.29 is 17.9 Å². The largest absolute Gasteiger partial charge is 0.381 e. The second kappa shape index (κ2) is 9.14. The van der Waals surface area contributed by atoms with E-state index in [1.807, 2.05) is 19.2 Å². The standard InChI is InChI=1S/C18H27N5O4S2/c1-4-13-12-28-16(5-2)17(13)20-18(24)21-29(25,26)23(14-6-8-27-9-7-14)15-10-19-22(3)11-15/h10-12,14H,4-9H2,1-3H3,(H2,20,21,24). The zero-order valence-electron chi connectivity index (χ0n) is 16.8. The number of aryl methyl sites for hydroxylation is 3. The van der Waals surface area contributed by atoms with Crippen LogP contribution in [0.1, 0.15) is 37.1 Å². The number of hydrogen-bond acceptors (Lipinski definition) is 6. The lowest BCUT2D eigenvalue weighted by Crippen LogP contribution is -2.51. The predicted octanol–water partition coefficient (Wildman–Crippen LogP) is 2.66. The number of nitrogens with zero attached hydrogens (tertiary/aromatic N) is 3. The molecule has 1 aliphatic heterocycles. The van der Waals surface area contributed by atoms with E-state index in [-0.39, 0.29) is 6.04 Å². The molecule has 1 saturated heterocycles. The Hall–Kier alpha value is -2.11. The van der Waals surface area contributed by atoms with Crippen molar-refractivity contribution in [2.45, 2.75) is 45.6 Å². The zero-order chi connectivity index (χ0) is 21.0.